The van der Waals surface area contributed by atoms with Crippen LogP contribution >= 0.6 is 0 Å². The van der Waals surface area contributed by atoms with Gasteiger partial charge in [0.05, 0.1) is 16.6 Å². The third-order valence-corrected chi connectivity index (χ3v) is 2.54. The molecule has 0 bridgehead atoms. The van der Waals surface area contributed by atoms with Crippen LogP contribution in [-0.4, -0.2) is 11.7 Å². The van der Waals surface area contributed by atoms with Gasteiger partial charge in [-0.25, -0.2) is 0 Å². The monoisotopic (exact) mass is 236 g/mol. The minimum absolute atomic E-state index is 0.0522. The second kappa shape index (κ2) is 4.42. The van der Waals surface area contributed by atoms with Gasteiger partial charge in [-0.1, -0.05) is 6.08 Å². The summed E-state index contributed by atoms with van der Waals surface area (Å²) in [6, 6.07) is 2.44. The molecule has 0 unspecified atom stereocenters. The summed E-state index contributed by atoms with van der Waals surface area (Å²) in [6.45, 7) is 3.64. The van der Waals surface area contributed by atoms with E-state index in [-0.39, 0.29) is 12.5 Å². The number of fused-ring (bicyclic) bond motifs is 1. The van der Waals surface area contributed by atoms with Crippen molar-refractivity contribution in [2.45, 2.75) is 12.5 Å². The first kappa shape index (κ1) is 11.4. The van der Waals surface area contributed by atoms with Crippen molar-refractivity contribution in [3.8, 4) is 11.5 Å². The van der Waals surface area contributed by atoms with Gasteiger partial charge in [0.2, 0.25) is 6.79 Å². The van der Waals surface area contributed by atoms with Crippen LogP contribution in [0.3, 0.4) is 0 Å². The molecule has 90 valence electrons. The predicted molar refractivity (Wildman–Crippen MR) is 61.0 cm³/mol. The Labute approximate surface area is 97.8 Å². The Balaban J connectivity index is 2.48. The first-order chi connectivity index (χ1) is 8.13. The number of rotatable bonds is 4. The van der Waals surface area contributed by atoms with Crippen molar-refractivity contribution in [2.75, 3.05) is 6.79 Å². The summed E-state index contributed by atoms with van der Waals surface area (Å²) >= 11 is 0. The smallest absolute Gasteiger partial charge is 0.278 e. The number of nitrogens with zero attached hydrogens (tertiary/aromatic N) is 1. The summed E-state index contributed by atoms with van der Waals surface area (Å²) in [6.07, 6.45) is 2.08. The molecule has 0 aromatic heterocycles. The third kappa shape index (κ3) is 2.07. The van der Waals surface area contributed by atoms with Gasteiger partial charge >= 0.3 is 0 Å². The molecule has 6 heteroatoms. The lowest BCUT2D eigenvalue weighted by Crippen LogP contribution is -2.11. The Bertz CT molecular complexity index is 473. The lowest BCUT2D eigenvalue weighted by Gasteiger charge is -2.10. The third-order valence-electron chi connectivity index (χ3n) is 2.54. The molecule has 1 atom stereocenters. The maximum atomic E-state index is 11.0. The van der Waals surface area contributed by atoms with Crippen molar-refractivity contribution in [3.05, 3.63) is 40.5 Å². The van der Waals surface area contributed by atoms with Crippen LogP contribution in [0.25, 0.3) is 0 Å². The van der Waals surface area contributed by atoms with Crippen LogP contribution in [0, 0.1) is 10.1 Å². The molecule has 2 N–H and O–H groups in total. The van der Waals surface area contributed by atoms with Crippen LogP contribution < -0.4 is 15.2 Å². The van der Waals surface area contributed by atoms with E-state index in [0.717, 1.165) is 0 Å². The molecule has 0 fully saturated rings. The highest BCUT2D eigenvalue weighted by atomic mass is 16.7. The second-order valence-corrected chi connectivity index (χ2v) is 3.65. The van der Waals surface area contributed by atoms with E-state index >= 15 is 0 Å². The Morgan fingerprint density at radius 2 is 2.18 bits per heavy atom. The van der Waals surface area contributed by atoms with Crippen molar-refractivity contribution < 1.29 is 14.4 Å². The predicted octanol–water partition coefficient (Wildman–Crippen LogP) is 1.90. The van der Waals surface area contributed by atoms with Crippen molar-refractivity contribution in [2.24, 2.45) is 5.73 Å². The highest BCUT2D eigenvalue weighted by molar-refractivity contribution is 5.56. The lowest BCUT2D eigenvalue weighted by molar-refractivity contribution is -0.385. The Morgan fingerprint density at radius 3 is 2.76 bits per heavy atom. The first-order valence-corrected chi connectivity index (χ1v) is 5.08. The molecule has 0 aliphatic carbocycles. The molecule has 1 aliphatic rings. The van der Waals surface area contributed by atoms with Gasteiger partial charge in [-0.15, -0.1) is 6.58 Å². The van der Waals surface area contributed by atoms with Gasteiger partial charge < -0.3 is 15.2 Å². The molecule has 0 amide bonds. The highest BCUT2D eigenvalue weighted by Crippen LogP contribution is 2.40. The van der Waals surface area contributed by atoms with Gasteiger partial charge in [0.15, 0.2) is 11.5 Å². The van der Waals surface area contributed by atoms with E-state index in [2.05, 4.69) is 6.58 Å². The average Bonchev–Trinajstić information content (AvgIpc) is 2.74. The molecule has 17 heavy (non-hydrogen) atoms. The second-order valence-electron chi connectivity index (χ2n) is 3.65. The fourth-order valence-corrected chi connectivity index (χ4v) is 1.71. The molecular formula is C11H12N2O4. The quantitative estimate of drug-likeness (QED) is 0.490. The van der Waals surface area contributed by atoms with Gasteiger partial charge in [-0.2, -0.15) is 0 Å². The van der Waals surface area contributed by atoms with Crippen LogP contribution in [0.2, 0.25) is 0 Å². The normalized spacial score (nSPS) is 14.4. The fourth-order valence-electron chi connectivity index (χ4n) is 1.71. The standard InChI is InChI=1S/C11H12N2O4/c1-2-3-8(12)7-4-10-11(17-6-16-10)5-9(7)13(14)15/h2,4-5,8H,1,3,6,12H2/t8-/m1/s1. The van der Waals surface area contributed by atoms with Gasteiger partial charge in [0, 0.05) is 6.04 Å². The molecule has 0 saturated carbocycles. The van der Waals surface area contributed by atoms with E-state index in [1.165, 1.54) is 6.07 Å². The molecule has 1 aromatic carbocycles. The van der Waals surface area contributed by atoms with Gasteiger partial charge in [-0.3, -0.25) is 10.1 Å². The number of nitro groups is 1. The molecule has 0 spiro atoms. The Hall–Kier alpha value is -2.08. The molecule has 0 saturated heterocycles. The van der Waals surface area contributed by atoms with E-state index < -0.39 is 11.0 Å². The first-order valence-electron chi connectivity index (χ1n) is 5.08. The maximum Gasteiger partial charge on any atom is 0.278 e. The summed E-state index contributed by atoms with van der Waals surface area (Å²) < 4.78 is 10.3. The Morgan fingerprint density at radius 1 is 1.53 bits per heavy atom. The van der Waals surface area contributed by atoms with Crippen molar-refractivity contribution >= 4 is 5.69 Å². The largest absolute Gasteiger partial charge is 0.454 e. The van der Waals surface area contributed by atoms with Crippen LogP contribution in [0.15, 0.2) is 24.8 Å². The van der Waals surface area contributed by atoms with Gasteiger partial charge in [0.1, 0.15) is 0 Å². The molecule has 1 heterocycles. The van der Waals surface area contributed by atoms with Crippen molar-refractivity contribution in [3.63, 3.8) is 0 Å². The zero-order valence-corrected chi connectivity index (χ0v) is 9.09. The topological polar surface area (TPSA) is 87.6 Å². The molecule has 2 rings (SSSR count). The maximum absolute atomic E-state index is 11.0. The van der Waals surface area contributed by atoms with Crippen LogP contribution in [-0.2, 0) is 0 Å². The fraction of sp³-hybridized carbons (Fsp3) is 0.273. The number of hydrogen-bond donors (Lipinski definition) is 1. The Kier molecular flexibility index (Phi) is 2.97. The number of nitrogens with two attached hydrogens (primary N) is 1. The van der Waals surface area contributed by atoms with Crippen LogP contribution in [0.1, 0.15) is 18.0 Å². The molecule has 1 aromatic rings. The summed E-state index contributed by atoms with van der Waals surface area (Å²) in [5, 5.41) is 11.0. The molecule has 0 radical (unpaired) electrons. The summed E-state index contributed by atoms with van der Waals surface area (Å²) in [4.78, 5) is 10.5. The summed E-state index contributed by atoms with van der Waals surface area (Å²) in [5.74, 6) is 0.872. The minimum Gasteiger partial charge on any atom is -0.454 e. The molecular weight excluding hydrogens is 224 g/mol. The van der Waals surface area contributed by atoms with E-state index in [1.807, 2.05) is 0 Å². The van der Waals surface area contributed by atoms with E-state index in [9.17, 15) is 10.1 Å². The number of benzene rings is 1. The number of ether oxygens (including phenoxy) is 2. The molecule has 1 aliphatic heterocycles. The van der Waals surface area contributed by atoms with E-state index in [0.29, 0.717) is 23.5 Å². The zero-order chi connectivity index (χ0) is 12.4. The van der Waals surface area contributed by atoms with E-state index in [1.54, 1.807) is 12.1 Å². The molecule has 6 nitrogen and oxygen atoms in total. The summed E-state index contributed by atoms with van der Waals surface area (Å²) in [7, 11) is 0. The number of nitro benzene ring substituents is 1. The van der Waals surface area contributed by atoms with Gasteiger partial charge in [-0.05, 0) is 12.5 Å². The van der Waals surface area contributed by atoms with Gasteiger partial charge in [0.25, 0.3) is 5.69 Å². The van der Waals surface area contributed by atoms with Crippen molar-refractivity contribution in [1.82, 2.24) is 0 Å². The number of hydrogen-bond acceptors (Lipinski definition) is 5. The van der Waals surface area contributed by atoms with Crippen LogP contribution in [0.5, 0.6) is 11.5 Å². The SMILES string of the molecule is C=CC[C@@H](N)c1cc2c(cc1[N+](=O)[O-])OCO2. The lowest BCUT2D eigenvalue weighted by atomic mass is 10.0. The average molecular weight is 236 g/mol. The van der Waals surface area contributed by atoms with Crippen LogP contribution in [0.4, 0.5) is 5.69 Å². The summed E-state index contributed by atoms with van der Waals surface area (Å²) in [5.41, 5.74) is 6.24. The minimum atomic E-state index is -0.472. The highest BCUT2D eigenvalue weighted by Gasteiger charge is 2.25. The van der Waals surface area contributed by atoms with E-state index in [4.69, 9.17) is 15.2 Å². The zero-order valence-electron chi connectivity index (χ0n) is 9.09. The van der Waals surface area contributed by atoms with Crippen molar-refractivity contribution in [1.29, 1.82) is 0 Å².